The van der Waals surface area contributed by atoms with Gasteiger partial charge in [-0.2, -0.15) is 0 Å². The van der Waals surface area contributed by atoms with Crippen LogP contribution in [0.4, 0.5) is 0 Å². The molecule has 0 radical (unpaired) electrons. The summed E-state index contributed by atoms with van der Waals surface area (Å²) in [5, 5.41) is 10.2. The van der Waals surface area contributed by atoms with E-state index in [4.69, 9.17) is 4.74 Å². The normalized spacial score (nSPS) is 33.2. The Morgan fingerprint density at radius 2 is 2.12 bits per heavy atom. The van der Waals surface area contributed by atoms with E-state index >= 15 is 0 Å². The quantitative estimate of drug-likeness (QED) is 0.817. The van der Waals surface area contributed by atoms with Crippen LogP contribution in [0.1, 0.15) is 33.6 Å². The zero-order chi connectivity index (χ0) is 12.5. The SMILES string of the molecule is CC(C)(C)C1CCN(CC(O)C2CCOC2)C1. The van der Waals surface area contributed by atoms with Crippen LogP contribution in [0.15, 0.2) is 0 Å². The second-order valence-corrected chi connectivity index (χ2v) is 6.80. The van der Waals surface area contributed by atoms with Crippen molar-refractivity contribution >= 4 is 0 Å². The van der Waals surface area contributed by atoms with Crippen LogP contribution in [0.2, 0.25) is 0 Å². The van der Waals surface area contributed by atoms with E-state index in [1.165, 1.54) is 6.42 Å². The molecule has 2 rings (SSSR count). The molecule has 0 amide bonds. The van der Waals surface area contributed by atoms with Crippen LogP contribution in [-0.2, 0) is 4.74 Å². The number of nitrogens with zero attached hydrogens (tertiary/aromatic N) is 1. The minimum Gasteiger partial charge on any atom is -0.391 e. The first-order chi connectivity index (χ1) is 7.97. The molecule has 2 fully saturated rings. The van der Waals surface area contributed by atoms with E-state index in [1.807, 2.05) is 0 Å². The predicted octanol–water partition coefficient (Wildman–Crippen LogP) is 1.75. The van der Waals surface area contributed by atoms with Crippen molar-refractivity contribution in [3.8, 4) is 0 Å². The van der Waals surface area contributed by atoms with Crippen LogP contribution in [0, 0.1) is 17.3 Å². The summed E-state index contributed by atoms with van der Waals surface area (Å²) >= 11 is 0. The monoisotopic (exact) mass is 241 g/mol. The van der Waals surface area contributed by atoms with Gasteiger partial charge in [0.2, 0.25) is 0 Å². The van der Waals surface area contributed by atoms with Crippen LogP contribution in [0.25, 0.3) is 0 Å². The van der Waals surface area contributed by atoms with Crippen molar-refractivity contribution in [2.24, 2.45) is 17.3 Å². The molecule has 0 aromatic heterocycles. The highest BCUT2D eigenvalue weighted by Crippen LogP contribution is 2.33. The van der Waals surface area contributed by atoms with E-state index in [0.717, 1.165) is 45.2 Å². The number of hydrogen-bond acceptors (Lipinski definition) is 3. The molecule has 2 aliphatic heterocycles. The third kappa shape index (κ3) is 3.43. The van der Waals surface area contributed by atoms with Gasteiger partial charge in [0.15, 0.2) is 0 Å². The minimum absolute atomic E-state index is 0.198. The molecule has 3 atom stereocenters. The topological polar surface area (TPSA) is 32.7 Å². The molecule has 0 bridgehead atoms. The summed E-state index contributed by atoms with van der Waals surface area (Å²) in [4.78, 5) is 2.43. The van der Waals surface area contributed by atoms with Crippen LogP contribution in [-0.4, -0.2) is 49.0 Å². The van der Waals surface area contributed by atoms with Gasteiger partial charge in [0.1, 0.15) is 0 Å². The third-order valence-electron chi connectivity index (χ3n) is 4.45. The summed E-state index contributed by atoms with van der Waals surface area (Å²) in [6, 6.07) is 0. The van der Waals surface area contributed by atoms with Gasteiger partial charge in [0, 0.05) is 25.6 Å². The van der Waals surface area contributed by atoms with Crippen molar-refractivity contribution in [3.63, 3.8) is 0 Å². The highest BCUT2D eigenvalue weighted by atomic mass is 16.5. The number of β-amino-alcohol motifs (C(OH)–C–C–N with tert-alkyl or cyclic N) is 1. The van der Waals surface area contributed by atoms with Gasteiger partial charge in [0.25, 0.3) is 0 Å². The summed E-state index contributed by atoms with van der Waals surface area (Å²) in [6.07, 6.45) is 2.10. The molecule has 1 N–H and O–H groups in total. The Bertz CT molecular complexity index is 243. The van der Waals surface area contributed by atoms with E-state index in [0.29, 0.717) is 11.3 Å². The number of likely N-dealkylation sites (tertiary alicyclic amines) is 1. The Hall–Kier alpha value is -0.120. The standard InChI is InChI=1S/C14H27NO2/c1-14(2,3)12-4-6-15(8-12)9-13(16)11-5-7-17-10-11/h11-13,16H,4-10H2,1-3H3. The lowest BCUT2D eigenvalue weighted by Crippen LogP contribution is -2.36. The van der Waals surface area contributed by atoms with E-state index in [9.17, 15) is 5.11 Å². The summed E-state index contributed by atoms with van der Waals surface area (Å²) < 4.78 is 5.34. The fraction of sp³-hybridized carbons (Fsp3) is 1.00. The van der Waals surface area contributed by atoms with Gasteiger partial charge in [0.05, 0.1) is 12.7 Å². The van der Waals surface area contributed by atoms with Crippen LogP contribution in [0.5, 0.6) is 0 Å². The maximum absolute atomic E-state index is 10.2. The van der Waals surface area contributed by atoms with E-state index in [-0.39, 0.29) is 6.10 Å². The van der Waals surface area contributed by atoms with E-state index in [1.54, 1.807) is 0 Å². The zero-order valence-electron chi connectivity index (χ0n) is 11.5. The van der Waals surface area contributed by atoms with Crippen molar-refractivity contribution in [1.82, 2.24) is 4.90 Å². The van der Waals surface area contributed by atoms with Crippen LogP contribution >= 0.6 is 0 Å². The Morgan fingerprint density at radius 3 is 2.65 bits per heavy atom. The highest BCUT2D eigenvalue weighted by Gasteiger charge is 2.33. The largest absolute Gasteiger partial charge is 0.391 e. The number of rotatable bonds is 3. The lowest BCUT2D eigenvalue weighted by molar-refractivity contribution is 0.0598. The molecule has 17 heavy (non-hydrogen) atoms. The van der Waals surface area contributed by atoms with Crippen molar-refractivity contribution in [3.05, 3.63) is 0 Å². The van der Waals surface area contributed by atoms with Gasteiger partial charge in [-0.3, -0.25) is 0 Å². The lowest BCUT2D eigenvalue weighted by atomic mass is 9.80. The minimum atomic E-state index is -0.198. The highest BCUT2D eigenvalue weighted by molar-refractivity contribution is 4.86. The van der Waals surface area contributed by atoms with E-state index in [2.05, 4.69) is 25.7 Å². The Morgan fingerprint density at radius 1 is 1.35 bits per heavy atom. The molecule has 0 aromatic carbocycles. The molecule has 2 aliphatic rings. The first kappa shape index (κ1) is 13.3. The molecule has 2 heterocycles. The first-order valence-corrected chi connectivity index (χ1v) is 6.95. The molecule has 2 saturated heterocycles. The smallest absolute Gasteiger partial charge is 0.0718 e. The maximum atomic E-state index is 10.2. The molecule has 3 nitrogen and oxygen atoms in total. The molecule has 3 unspecified atom stereocenters. The fourth-order valence-electron chi connectivity index (χ4n) is 2.98. The van der Waals surface area contributed by atoms with Gasteiger partial charge in [-0.15, -0.1) is 0 Å². The molecular formula is C14H27NO2. The Labute approximate surface area is 105 Å². The van der Waals surface area contributed by atoms with Crippen LogP contribution in [0.3, 0.4) is 0 Å². The zero-order valence-corrected chi connectivity index (χ0v) is 11.5. The number of aliphatic hydroxyl groups is 1. The third-order valence-corrected chi connectivity index (χ3v) is 4.45. The maximum Gasteiger partial charge on any atom is 0.0718 e. The molecule has 0 aromatic rings. The number of hydrogen-bond donors (Lipinski definition) is 1. The van der Waals surface area contributed by atoms with Crippen molar-refractivity contribution < 1.29 is 9.84 Å². The van der Waals surface area contributed by atoms with Gasteiger partial charge in [-0.25, -0.2) is 0 Å². The second-order valence-electron chi connectivity index (χ2n) is 6.80. The summed E-state index contributed by atoms with van der Waals surface area (Å²) in [7, 11) is 0. The Kier molecular flexibility index (Phi) is 4.11. The van der Waals surface area contributed by atoms with E-state index < -0.39 is 0 Å². The van der Waals surface area contributed by atoms with Crippen molar-refractivity contribution in [1.29, 1.82) is 0 Å². The van der Waals surface area contributed by atoms with Gasteiger partial charge in [-0.05, 0) is 30.7 Å². The van der Waals surface area contributed by atoms with Gasteiger partial charge in [-0.1, -0.05) is 20.8 Å². The number of aliphatic hydroxyl groups excluding tert-OH is 1. The first-order valence-electron chi connectivity index (χ1n) is 6.95. The lowest BCUT2D eigenvalue weighted by Gasteiger charge is -2.28. The van der Waals surface area contributed by atoms with Crippen LogP contribution < -0.4 is 0 Å². The molecule has 3 heteroatoms. The molecule has 0 spiro atoms. The summed E-state index contributed by atoms with van der Waals surface area (Å²) in [6.45, 7) is 11.7. The van der Waals surface area contributed by atoms with Crippen molar-refractivity contribution in [2.45, 2.75) is 39.7 Å². The number of ether oxygens (including phenoxy) is 1. The molecule has 0 aliphatic carbocycles. The molecule has 0 saturated carbocycles. The van der Waals surface area contributed by atoms with Gasteiger partial charge < -0.3 is 14.7 Å². The summed E-state index contributed by atoms with van der Waals surface area (Å²) in [5.41, 5.74) is 0.399. The fourth-order valence-corrected chi connectivity index (χ4v) is 2.98. The molecule has 100 valence electrons. The average molecular weight is 241 g/mol. The van der Waals surface area contributed by atoms with Gasteiger partial charge >= 0.3 is 0 Å². The Balaban J connectivity index is 1.77. The molecular weight excluding hydrogens is 214 g/mol. The predicted molar refractivity (Wildman–Crippen MR) is 68.9 cm³/mol. The second kappa shape index (κ2) is 5.25. The van der Waals surface area contributed by atoms with Crippen molar-refractivity contribution in [2.75, 3.05) is 32.8 Å². The average Bonchev–Trinajstić information content (AvgIpc) is 2.85. The summed E-state index contributed by atoms with van der Waals surface area (Å²) in [5.74, 6) is 1.14.